The summed E-state index contributed by atoms with van der Waals surface area (Å²) in [5.41, 5.74) is 2.75. The Morgan fingerprint density at radius 1 is 1.29 bits per heavy atom. The van der Waals surface area contributed by atoms with Crippen molar-refractivity contribution in [3.8, 4) is 0 Å². The third-order valence-corrected chi connectivity index (χ3v) is 1.98. The van der Waals surface area contributed by atoms with Crippen molar-refractivity contribution in [3.05, 3.63) is 0 Å². The molecule has 1 N–H and O–H groups in total. The van der Waals surface area contributed by atoms with Gasteiger partial charge in [-0.3, -0.25) is 9.63 Å². The lowest BCUT2D eigenvalue weighted by molar-refractivity contribution is -0.147. The third kappa shape index (κ3) is 5.16. The van der Waals surface area contributed by atoms with Crippen LogP contribution in [0.15, 0.2) is 0 Å². The van der Waals surface area contributed by atoms with Crippen LogP contribution < -0.4 is 5.48 Å². The Labute approximate surface area is 84.7 Å². The predicted molar refractivity (Wildman–Crippen MR) is 51.6 cm³/mol. The fraction of sp³-hybridized carbons (Fsp3) is 0.889. The lowest BCUT2D eigenvalue weighted by atomic mass is 10.1. The van der Waals surface area contributed by atoms with Crippen LogP contribution in [-0.2, 0) is 19.1 Å². The van der Waals surface area contributed by atoms with E-state index in [1.54, 1.807) is 14.0 Å². The maximum Gasteiger partial charge on any atom is 0.310 e. The van der Waals surface area contributed by atoms with Crippen LogP contribution in [0.25, 0.3) is 0 Å². The number of nitrogens with one attached hydrogen (secondary N) is 1. The molecule has 2 atom stereocenters. The van der Waals surface area contributed by atoms with Gasteiger partial charge in [0.2, 0.25) is 0 Å². The van der Waals surface area contributed by atoms with Gasteiger partial charge in [0.25, 0.3) is 0 Å². The number of rotatable bonds is 7. The van der Waals surface area contributed by atoms with Gasteiger partial charge in [-0.1, -0.05) is 6.92 Å². The summed E-state index contributed by atoms with van der Waals surface area (Å²) in [6.45, 7) is 4.61. The molecule has 0 aromatic heterocycles. The van der Waals surface area contributed by atoms with Crippen LogP contribution in [-0.4, -0.2) is 39.4 Å². The minimum Gasteiger partial charge on any atom is -0.469 e. The van der Waals surface area contributed by atoms with Crippen molar-refractivity contribution in [3.63, 3.8) is 0 Å². The molecule has 0 aromatic carbocycles. The van der Waals surface area contributed by atoms with E-state index < -0.39 is 0 Å². The van der Waals surface area contributed by atoms with Gasteiger partial charge in [0.15, 0.2) is 0 Å². The zero-order valence-electron chi connectivity index (χ0n) is 9.20. The van der Waals surface area contributed by atoms with Crippen molar-refractivity contribution in [1.82, 2.24) is 5.48 Å². The number of hydrogen-bond donors (Lipinski definition) is 1. The van der Waals surface area contributed by atoms with Gasteiger partial charge in [-0.25, -0.2) is 0 Å². The van der Waals surface area contributed by atoms with Crippen LogP contribution in [0.1, 0.15) is 13.8 Å². The lowest BCUT2D eigenvalue weighted by Crippen LogP contribution is -2.37. The van der Waals surface area contributed by atoms with E-state index in [9.17, 15) is 4.79 Å². The summed E-state index contributed by atoms with van der Waals surface area (Å²) in [6, 6.07) is -0.0840. The van der Waals surface area contributed by atoms with Crippen LogP contribution in [0, 0.1) is 5.92 Å². The summed E-state index contributed by atoms with van der Waals surface area (Å²) in [5, 5.41) is 0. The smallest absolute Gasteiger partial charge is 0.310 e. The molecule has 5 heteroatoms. The van der Waals surface area contributed by atoms with Crippen LogP contribution in [0.4, 0.5) is 0 Å². The molecule has 0 fully saturated rings. The molecule has 0 radical (unpaired) electrons. The summed E-state index contributed by atoms with van der Waals surface area (Å²) in [5.74, 6) is -0.483. The number of carbonyl (C=O) groups is 1. The van der Waals surface area contributed by atoms with Crippen LogP contribution >= 0.6 is 0 Å². The first-order valence-electron chi connectivity index (χ1n) is 4.57. The Morgan fingerprint density at radius 2 is 1.93 bits per heavy atom. The molecule has 0 aliphatic rings. The topological polar surface area (TPSA) is 56.8 Å². The summed E-state index contributed by atoms with van der Waals surface area (Å²) in [4.78, 5) is 16.2. The van der Waals surface area contributed by atoms with E-state index in [4.69, 9.17) is 9.57 Å². The highest BCUT2D eigenvalue weighted by atomic mass is 16.7. The first-order valence-corrected chi connectivity index (χ1v) is 4.57. The van der Waals surface area contributed by atoms with Crippen molar-refractivity contribution >= 4 is 5.97 Å². The molecule has 0 rings (SSSR count). The van der Waals surface area contributed by atoms with Crippen molar-refractivity contribution < 1.29 is 19.1 Å². The molecule has 0 saturated heterocycles. The Balaban J connectivity index is 3.61. The largest absolute Gasteiger partial charge is 0.469 e. The standard InChI is InChI=1S/C9H19NO4/c1-7(9(11)13-4)8(2)10-14-6-5-12-3/h7-8,10H,5-6H2,1-4H3. The van der Waals surface area contributed by atoms with Crippen molar-refractivity contribution in [2.24, 2.45) is 5.92 Å². The number of ether oxygens (including phenoxy) is 2. The number of hydroxylamine groups is 1. The average molecular weight is 205 g/mol. The van der Waals surface area contributed by atoms with E-state index in [0.717, 1.165) is 0 Å². The van der Waals surface area contributed by atoms with Gasteiger partial charge >= 0.3 is 5.97 Å². The van der Waals surface area contributed by atoms with Gasteiger partial charge in [0.1, 0.15) is 0 Å². The number of carbonyl (C=O) groups excluding carboxylic acids is 1. The van der Waals surface area contributed by atoms with Crippen molar-refractivity contribution in [2.45, 2.75) is 19.9 Å². The first kappa shape index (κ1) is 13.4. The van der Waals surface area contributed by atoms with E-state index in [1.807, 2.05) is 6.92 Å². The second kappa shape index (κ2) is 7.73. The Kier molecular flexibility index (Phi) is 7.37. The van der Waals surface area contributed by atoms with E-state index in [2.05, 4.69) is 10.2 Å². The Morgan fingerprint density at radius 3 is 2.43 bits per heavy atom. The van der Waals surface area contributed by atoms with E-state index >= 15 is 0 Å². The molecule has 0 aliphatic carbocycles. The number of methoxy groups -OCH3 is 2. The fourth-order valence-electron chi connectivity index (χ4n) is 0.807. The summed E-state index contributed by atoms with van der Waals surface area (Å²) in [6.07, 6.45) is 0. The monoisotopic (exact) mass is 205 g/mol. The molecule has 5 nitrogen and oxygen atoms in total. The molecular formula is C9H19NO4. The van der Waals surface area contributed by atoms with Gasteiger partial charge in [-0.05, 0) is 6.92 Å². The SMILES string of the molecule is COCCONC(C)C(C)C(=O)OC. The molecule has 0 aromatic rings. The minimum absolute atomic E-state index is 0.0840. The van der Waals surface area contributed by atoms with Gasteiger partial charge in [0, 0.05) is 13.2 Å². The Bertz CT molecular complexity index is 163. The average Bonchev–Trinajstić information content (AvgIpc) is 2.21. The van der Waals surface area contributed by atoms with Gasteiger partial charge in [-0.2, -0.15) is 5.48 Å². The number of esters is 1. The molecule has 2 unspecified atom stereocenters. The summed E-state index contributed by atoms with van der Waals surface area (Å²) in [7, 11) is 2.97. The lowest BCUT2D eigenvalue weighted by Gasteiger charge is -2.18. The van der Waals surface area contributed by atoms with E-state index in [-0.39, 0.29) is 17.9 Å². The highest BCUT2D eigenvalue weighted by Gasteiger charge is 2.20. The van der Waals surface area contributed by atoms with Crippen molar-refractivity contribution in [1.29, 1.82) is 0 Å². The zero-order valence-corrected chi connectivity index (χ0v) is 9.20. The molecule has 84 valence electrons. The summed E-state index contributed by atoms with van der Waals surface area (Å²) < 4.78 is 9.40. The highest BCUT2D eigenvalue weighted by molar-refractivity contribution is 5.72. The quantitative estimate of drug-likeness (QED) is 0.369. The van der Waals surface area contributed by atoms with Crippen LogP contribution in [0.3, 0.4) is 0 Å². The highest BCUT2D eigenvalue weighted by Crippen LogP contribution is 2.04. The maximum atomic E-state index is 11.1. The normalized spacial score (nSPS) is 14.9. The Hall–Kier alpha value is -0.650. The molecule has 14 heavy (non-hydrogen) atoms. The van der Waals surface area contributed by atoms with Crippen LogP contribution in [0.5, 0.6) is 0 Å². The minimum atomic E-state index is -0.250. The summed E-state index contributed by atoms with van der Waals surface area (Å²) >= 11 is 0. The van der Waals surface area contributed by atoms with Crippen LogP contribution in [0.2, 0.25) is 0 Å². The third-order valence-electron chi connectivity index (χ3n) is 1.98. The van der Waals surface area contributed by atoms with E-state index in [1.165, 1.54) is 7.11 Å². The second-order valence-electron chi connectivity index (χ2n) is 3.06. The first-order chi connectivity index (χ1) is 6.63. The van der Waals surface area contributed by atoms with Gasteiger partial charge in [-0.15, -0.1) is 0 Å². The zero-order chi connectivity index (χ0) is 11.0. The van der Waals surface area contributed by atoms with Gasteiger partial charge < -0.3 is 9.47 Å². The number of hydrogen-bond acceptors (Lipinski definition) is 5. The fourth-order valence-corrected chi connectivity index (χ4v) is 0.807. The molecular weight excluding hydrogens is 186 g/mol. The van der Waals surface area contributed by atoms with Crippen molar-refractivity contribution in [2.75, 3.05) is 27.4 Å². The molecule has 0 amide bonds. The van der Waals surface area contributed by atoms with Gasteiger partial charge in [0.05, 0.1) is 26.2 Å². The molecule has 0 saturated carbocycles. The molecule has 0 aliphatic heterocycles. The molecule has 0 bridgehead atoms. The van der Waals surface area contributed by atoms with E-state index in [0.29, 0.717) is 13.2 Å². The second-order valence-corrected chi connectivity index (χ2v) is 3.06. The molecule has 0 spiro atoms. The predicted octanol–water partition coefficient (Wildman–Crippen LogP) is 0.352. The molecule has 0 heterocycles. The maximum absolute atomic E-state index is 11.1.